The van der Waals surface area contributed by atoms with E-state index in [0.29, 0.717) is 0 Å². The summed E-state index contributed by atoms with van der Waals surface area (Å²) >= 11 is 0. The van der Waals surface area contributed by atoms with E-state index in [1.165, 1.54) is 43.6 Å². The molecule has 0 spiro atoms. The molecule has 0 aromatic heterocycles. The smallest absolute Gasteiger partial charge is 0.294 e. The van der Waals surface area contributed by atoms with Gasteiger partial charge in [-0.1, -0.05) is 29.8 Å². The van der Waals surface area contributed by atoms with Crippen molar-refractivity contribution in [2.45, 2.75) is 24.7 Å². The van der Waals surface area contributed by atoms with Gasteiger partial charge in [0.05, 0.1) is 12.0 Å². The van der Waals surface area contributed by atoms with Gasteiger partial charge in [-0.15, -0.1) is 0 Å². The van der Waals surface area contributed by atoms with Crippen molar-refractivity contribution in [3.63, 3.8) is 0 Å². The first kappa shape index (κ1) is 19.4. The molecule has 2 aromatic rings. The van der Waals surface area contributed by atoms with Crippen molar-refractivity contribution in [3.8, 4) is 5.75 Å². The Kier molecular flexibility index (Phi) is 6.99. The Morgan fingerprint density at radius 3 is 2.24 bits per heavy atom. The van der Waals surface area contributed by atoms with Gasteiger partial charge >= 0.3 is 0 Å². The van der Waals surface area contributed by atoms with E-state index in [2.05, 4.69) is 17.4 Å². The third-order valence-corrected chi connectivity index (χ3v) is 5.03. The molecule has 0 amide bonds. The predicted octanol–water partition coefficient (Wildman–Crippen LogP) is 3.09. The molecule has 0 aliphatic carbocycles. The summed E-state index contributed by atoms with van der Waals surface area (Å²) in [4.78, 5) is -0.0666. The van der Waals surface area contributed by atoms with Crippen LogP contribution in [-0.4, -0.2) is 33.2 Å². The molecule has 1 atom stereocenters. The van der Waals surface area contributed by atoms with Gasteiger partial charge in [-0.25, -0.2) is 0 Å². The molecule has 1 heterocycles. The van der Waals surface area contributed by atoms with Crippen molar-refractivity contribution in [3.05, 3.63) is 59.7 Å². The number of aryl methyl sites for hydroxylation is 1. The normalized spacial score (nSPS) is 16.8. The summed E-state index contributed by atoms with van der Waals surface area (Å²) in [5.41, 5.74) is 2.37. The maximum atomic E-state index is 10.5. The Hall–Kier alpha value is -1.89. The number of methoxy groups -OCH3 is 1. The predicted molar refractivity (Wildman–Crippen MR) is 98.7 cm³/mol. The van der Waals surface area contributed by atoms with Crippen LogP contribution in [0.3, 0.4) is 0 Å². The van der Waals surface area contributed by atoms with E-state index in [-0.39, 0.29) is 4.90 Å². The van der Waals surface area contributed by atoms with Crippen LogP contribution in [-0.2, 0) is 16.5 Å². The fraction of sp³-hybridized carbons (Fsp3) is 0.368. The van der Waals surface area contributed by atoms with Crippen LogP contribution in [0.15, 0.2) is 53.4 Å². The zero-order chi connectivity index (χ0) is 18.3. The van der Waals surface area contributed by atoms with Gasteiger partial charge in [0, 0.05) is 0 Å². The standard InChI is InChI=1S/C12H17NO.C7H8O3S/c1-14-12-4-2-10(3-5-12)8-11-6-7-13-9-11;1-6-2-4-7(5-3-6)11(8,9)10/h2-5,11,13H,6-9H2,1H3;2-5H,1H3,(H,8,9,10). The van der Waals surface area contributed by atoms with Crippen LogP contribution in [0, 0.1) is 12.8 Å². The van der Waals surface area contributed by atoms with E-state index in [4.69, 9.17) is 9.29 Å². The van der Waals surface area contributed by atoms with Crippen LogP contribution in [0.25, 0.3) is 0 Å². The minimum Gasteiger partial charge on any atom is -0.497 e. The molecule has 0 bridgehead atoms. The first-order valence-corrected chi connectivity index (χ1v) is 9.70. The molecule has 1 unspecified atom stereocenters. The third kappa shape index (κ3) is 6.49. The summed E-state index contributed by atoms with van der Waals surface area (Å²) in [6.45, 7) is 4.20. The molecule has 1 aliphatic rings. The largest absolute Gasteiger partial charge is 0.497 e. The van der Waals surface area contributed by atoms with E-state index in [0.717, 1.165) is 17.2 Å². The van der Waals surface area contributed by atoms with Crippen molar-refractivity contribution in [1.29, 1.82) is 0 Å². The number of benzene rings is 2. The lowest BCUT2D eigenvalue weighted by Gasteiger charge is -2.08. The minimum atomic E-state index is -4.02. The van der Waals surface area contributed by atoms with Crippen molar-refractivity contribution in [1.82, 2.24) is 5.32 Å². The average molecular weight is 363 g/mol. The second-order valence-electron chi connectivity index (χ2n) is 6.20. The lowest BCUT2D eigenvalue weighted by molar-refractivity contribution is 0.414. The number of hydrogen-bond donors (Lipinski definition) is 2. The second kappa shape index (κ2) is 8.99. The first-order chi connectivity index (χ1) is 11.9. The quantitative estimate of drug-likeness (QED) is 0.817. The van der Waals surface area contributed by atoms with Crippen molar-refractivity contribution in [2.24, 2.45) is 5.92 Å². The number of rotatable bonds is 4. The summed E-state index contributed by atoms with van der Waals surface area (Å²) in [6.07, 6.45) is 2.50. The number of hydrogen-bond acceptors (Lipinski definition) is 4. The van der Waals surface area contributed by atoms with Gasteiger partial charge in [-0.3, -0.25) is 4.55 Å². The zero-order valence-electron chi connectivity index (χ0n) is 14.6. The average Bonchev–Trinajstić information content (AvgIpc) is 3.09. The highest BCUT2D eigenvalue weighted by atomic mass is 32.2. The highest BCUT2D eigenvalue weighted by Crippen LogP contribution is 2.17. The van der Waals surface area contributed by atoms with E-state index in [1.807, 2.05) is 19.1 Å². The van der Waals surface area contributed by atoms with Crippen LogP contribution in [0.4, 0.5) is 0 Å². The molecular formula is C19H25NO4S. The molecule has 0 saturated carbocycles. The highest BCUT2D eigenvalue weighted by Gasteiger charge is 2.14. The number of nitrogens with one attached hydrogen (secondary N) is 1. The van der Waals surface area contributed by atoms with Crippen molar-refractivity contribution >= 4 is 10.1 Å². The lowest BCUT2D eigenvalue weighted by Crippen LogP contribution is -2.10. The van der Waals surface area contributed by atoms with Gasteiger partial charge in [0.15, 0.2) is 0 Å². The van der Waals surface area contributed by atoms with Gasteiger partial charge in [0.25, 0.3) is 10.1 Å². The molecule has 0 radical (unpaired) electrons. The van der Waals surface area contributed by atoms with Gasteiger partial charge in [-0.2, -0.15) is 8.42 Å². The fourth-order valence-electron chi connectivity index (χ4n) is 2.69. The Morgan fingerprint density at radius 1 is 1.12 bits per heavy atom. The molecule has 2 aromatic carbocycles. The summed E-state index contributed by atoms with van der Waals surface area (Å²) in [5.74, 6) is 1.77. The van der Waals surface area contributed by atoms with Crippen LogP contribution in [0.2, 0.25) is 0 Å². The molecule has 25 heavy (non-hydrogen) atoms. The molecule has 3 rings (SSSR count). The topological polar surface area (TPSA) is 75.6 Å². The van der Waals surface area contributed by atoms with E-state index in [1.54, 1.807) is 19.2 Å². The maximum Gasteiger partial charge on any atom is 0.294 e. The van der Waals surface area contributed by atoms with E-state index < -0.39 is 10.1 Å². The Morgan fingerprint density at radius 2 is 1.76 bits per heavy atom. The molecule has 6 heteroatoms. The lowest BCUT2D eigenvalue weighted by atomic mass is 9.99. The van der Waals surface area contributed by atoms with Crippen molar-refractivity contribution in [2.75, 3.05) is 20.2 Å². The van der Waals surface area contributed by atoms with Crippen LogP contribution < -0.4 is 10.1 Å². The SMILES string of the molecule is COc1ccc(CC2CCNC2)cc1.Cc1ccc(S(=O)(=O)O)cc1. The van der Waals surface area contributed by atoms with Crippen LogP contribution in [0.1, 0.15) is 17.5 Å². The summed E-state index contributed by atoms with van der Waals surface area (Å²) in [5, 5.41) is 3.39. The number of ether oxygens (including phenoxy) is 1. The zero-order valence-corrected chi connectivity index (χ0v) is 15.4. The van der Waals surface area contributed by atoms with E-state index >= 15 is 0 Å². The summed E-state index contributed by atoms with van der Waals surface area (Å²) < 4.78 is 34.7. The monoisotopic (exact) mass is 363 g/mol. The van der Waals surface area contributed by atoms with Gasteiger partial charge < -0.3 is 10.1 Å². The van der Waals surface area contributed by atoms with Crippen molar-refractivity contribution < 1.29 is 17.7 Å². The summed E-state index contributed by atoms with van der Waals surface area (Å²) in [7, 11) is -2.32. The summed E-state index contributed by atoms with van der Waals surface area (Å²) in [6, 6.07) is 14.4. The molecule has 1 saturated heterocycles. The minimum absolute atomic E-state index is 0.0666. The first-order valence-electron chi connectivity index (χ1n) is 8.26. The molecule has 1 fully saturated rings. The molecule has 1 aliphatic heterocycles. The Labute approximate surface area is 149 Å². The van der Waals surface area contributed by atoms with Gasteiger partial charge in [-0.05, 0) is 68.6 Å². The van der Waals surface area contributed by atoms with Gasteiger partial charge in [0.2, 0.25) is 0 Å². The van der Waals surface area contributed by atoms with E-state index in [9.17, 15) is 8.42 Å². The van der Waals surface area contributed by atoms with Crippen LogP contribution in [0.5, 0.6) is 5.75 Å². The second-order valence-corrected chi connectivity index (χ2v) is 7.62. The Bertz CT molecular complexity index is 749. The molecular weight excluding hydrogens is 338 g/mol. The molecule has 5 nitrogen and oxygen atoms in total. The molecule has 136 valence electrons. The Balaban J connectivity index is 0.000000186. The maximum absolute atomic E-state index is 10.5. The third-order valence-electron chi connectivity index (χ3n) is 4.16. The fourth-order valence-corrected chi connectivity index (χ4v) is 3.17. The highest BCUT2D eigenvalue weighted by molar-refractivity contribution is 7.85. The van der Waals surface area contributed by atoms with Crippen LogP contribution >= 0.6 is 0 Å². The molecule has 2 N–H and O–H groups in total. The van der Waals surface area contributed by atoms with Gasteiger partial charge in [0.1, 0.15) is 5.75 Å².